The van der Waals surface area contributed by atoms with E-state index in [1.165, 1.54) is 0 Å². The predicted octanol–water partition coefficient (Wildman–Crippen LogP) is -0.388. The van der Waals surface area contributed by atoms with Gasteiger partial charge in [0, 0.05) is 37.4 Å². The van der Waals surface area contributed by atoms with Crippen molar-refractivity contribution in [1.82, 2.24) is 21.4 Å². The lowest BCUT2D eigenvalue weighted by atomic mass is 10.0. The van der Waals surface area contributed by atoms with Gasteiger partial charge in [-0.2, -0.15) is 5.48 Å². The third kappa shape index (κ3) is 11.6. The van der Waals surface area contributed by atoms with Gasteiger partial charge in [-0.1, -0.05) is 4.99 Å². The van der Waals surface area contributed by atoms with E-state index in [0.717, 1.165) is 18.2 Å². The SMILES string of the molecule is C#CC#COONCCCCC1NC(=O)C(CCC(=O)O)NC(=O)c2cc([N+](=O)[O-])ccc2OCCC(C(=O)O)NC1=O. The van der Waals surface area contributed by atoms with Crippen molar-refractivity contribution in [3.63, 3.8) is 0 Å². The smallest absolute Gasteiger partial charge is 0.326 e. The largest absolute Gasteiger partial charge is 0.493 e. The minimum Gasteiger partial charge on any atom is -0.493 e. The maximum Gasteiger partial charge on any atom is 0.326 e. The highest BCUT2D eigenvalue weighted by molar-refractivity contribution is 6.01. The summed E-state index contributed by atoms with van der Waals surface area (Å²) in [4.78, 5) is 82.1. The van der Waals surface area contributed by atoms with Crippen LogP contribution < -0.4 is 26.2 Å². The number of rotatable bonds is 12. The number of hydrogen-bond acceptors (Lipinski definition) is 11. The van der Waals surface area contributed by atoms with Crippen molar-refractivity contribution in [1.29, 1.82) is 0 Å². The highest BCUT2D eigenvalue weighted by atomic mass is 17.3. The van der Waals surface area contributed by atoms with Crippen molar-refractivity contribution in [3.05, 3.63) is 33.9 Å². The fourth-order valence-electron chi connectivity index (χ4n) is 3.75. The minimum atomic E-state index is -1.49. The highest BCUT2D eigenvalue weighted by Gasteiger charge is 2.31. The van der Waals surface area contributed by atoms with Crippen LogP contribution in [-0.2, 0) is 29.1 Å². The number of terminal acetylenes is 1. The fraction of sp³-hybridized carbons (Fsp3) is 0.423. The summed E-state index contributed by atoms with van der Waals surface area (Å²) in [6, 6.07) is -1.12. The van der Waals surface area contributed by atoms with Gasteiger partial charge in [0.15, 0.2) is 6.11 Å². The van der Waals surface area contributed by atoms with Gasteiger partial charge in [-0.3, -0.25) is 34.2 Å². The highest BCUT2D eigenvalue weighted by Crippen LogP contribution is 2.25. The molecule has 0 bridgehead atoms. The van der Waals surface area contributed by atoms with E-state index in [2.05, 4.69) is 43.3 Å². The molecule has 1 heterocycles. The van der Waals surface area contributed by atoms with Crippen molar-refractivity contribution in [2.24, 2.45) is 0 Å². The van der Waals surface area contributed by atoms with Crippen LogP contribution in [0.5, 0.6) is 5.75 Å². The quantitative estimate of drug-likeness (QED) is 0.0587. The lowest BCUT2D eigenvalue weighted by Gasteiger charge is -2.25. The first-order valence-electron chi connectivity index (χ1n) is 12.8. The number of non-ortho nitro benzene ring substituents is 1. The van der Waals surface area contributed by atoms with Gasteiger partial charge >= 0.3 is 11.9 Å². The molecule has 3 atom stereocenters. The van der Waals surface area contributed by atoms with E-state index >= 15 is 0 Å². The normalized spacial score (nSPS) is 18.9. The molecule has 3 unspecified atom stereocenters. The van der Waals surface area contributed by atoms with E-state index in [0.29, 0.717) is 12.8 Å². The number of nitrogens with one attached hydrogen (secondary N) is 4. The molecule has 0 spiro atoms. The topological polar surface area (TPSA) is 245 Å². The van der Waals surface area contributed by atoms with Crippen LogP contribution in [0.2, 0.25) is 0 Å². The summed E-state index contributed by atoms with van der Waals surface area (Å²) in [6.07, 6.45) is 6.48. The summed E-state index contributed by atoms with van der Waals surface area (Å²) in [7, 11) is 0. The van der Waals surface area contributed by atoms with E-state index in [1.54, 1.807) is 0 Å². The number of ether oxygens (including phenoxy) is 1. The van der Waals surface area contributed by atoms with Crippen molar-refractivity contribution >= 4 is 35.3 Å². The number of unbranched alkanes of at least 4 members (excludes halogenated alkanes) is 1. The summed E-state index contributed by atoms with van der Waals surface area (Å²) in [6.45, 7) is -0.0911. The number of hydrogen-bond donors (Lipinski definition) is 6. The van der Waals surface area contributed by atoms with Gasteiger partial charge < -0.3 is 30.9 Å². The first-order valence-corrected chi connectivity index (χ1v) is 12.8. The second-order valence-electron chi connectivity index (χ2n) is 8.92. The van der Waals surface area contributed by atoms with Crippen LogP contribution in [0.25, 0.3) is 0 Å². The lowest BCUT2D eigenvalue weighted by molar-refractivity contribution is -0.384. The summed E-state index contributed by atoms with van der Waals surface area (Å²) >= 11 is 0. The molecule has 230 valence electrons. The number of benzene rings is 1. The molecule has 0 saturated heterocycles. The Kier molecular flexibility index (Phi) is 13.7. The van der Waals surface area contributed by atoms with Gasteiger partial charge in [-0.05, 0) is 37.7 Å². The third-order valence-electron chi connectivity index (χ3n) is 5.89. The zero-order valence-corrected chi connectivity index (χ0v) is 22.6. The number of hydroxylamine groups is 1. The average Bonchev–Trinajstić information content (AvgIpc) is 2.96. The Morgan fingerprint density at radius 2 is 1.84 bits per heavy atom. The molecular weight excluding hydrogens is 574 g/mol. The van der Waals surface area contributed by atoms with Crippen molar-refractivity contribution in [3.8, 4) is 30.1 Å². The number of nitro groups is 1. The van der Waals surface area contributed by atoms with E-state index in [-0.39, 0.29) is 37.3 Å². The van der Waals surface area contributed by atoms with Crippen molar-refractivity contribution in [2.75, 3.05) is 13.2 Å². The zero-order chi connectivity index (χ0) is 31.8. The molecule has 6 N–H and O–H groups in total. The number of carbonyl (C=O) groups is 5. The van der Waals surface area contributed by atoms with Gasteiger partial charge in [0.25, 0.3) is 11.6 Å². The van der Waals surface area contributed by atoms with Gasteiger partial charge in [-0.15, -0.1) is 6.42 Å². The Bertz CT molecular complexity index is 1320. The van der Waals surface area contributed by atoms with Crippen LogP contribution in [0.3, 0.4) is 0 Å². The second kappa shape index (κ2) is 17.4. The first kappa shape index (κ1) is 33.8. The third-order valence-corrected chi connectivity index (χ3v) is 5.89. The molecule has 0 fully saturated rings. The standard InChI is InChI=1S/C26H29N5O12/c1-2-3-13-42-43-27-12-5-4-6-18-24(35)30-20(26(37)38)11-14-41-21-9-7-16(31(39)40)15-17(21)23(34)28-19(25(36)29-18)8-10-22(32)33/h1,7,9,15,18-20,27H,4-6,8,10-12,14H2,(H,28,34)(H,29,36)(H,30,35)(H,32,33)(H,37,38). The summed E-state index contributed by atoms with van der Waals surface area (Å²) < 4.78 is 5.53. The zero-order valence-electron chi connectivity index (χ0n) is 22.6. The summed E-state index contributed by atoms with van der Waals surface area (Å²) in [5, 5.41) is 37.2. The molecule has 0 radical (unpaired) electrons. The van der Waals surface area contributed by atoms with Gasteiger partial charge in [-0.25, -0.2) is 4.79 Å². The predicted molar refractivity (Wildman–Crippen MR) is 143 cm³/mol. The molecule has 43 heavy (non-hydrogen) atoms. The van der Waals surface area contributed by atoms with Crippen LogP contribution in [0.4, 0.5) is 5.69 Å². The Morgan fingerprint density at radius 3 is 2.51 bits per heavy atom. The molecule has 3 amide bonds. The van der Waals surface area contributed by atoms with E-state index in [4.69, 9.17) is 16.3 Å². The number of carboxylic acid groups (broad SMARTS) is 2. The molecule has 1 aromatic rings. The molecule has 0 aromatic heterocycles. The van der Waals surface area contributed by atoms with Crippen LogP contribution in [0, 0.1) is 34.5 Å². The Hall–Kier alpha value is -5.39. The minimum absolute atomic E-state index is 0.00841. The van der Waals surface area contributed by atoms with Crippen LogP contribution in [-0.4, -0.2) is 76.1 Å². The lowest BCUT2D eigenvalue weighted by Crippen LogP contribution is -2.56. The summed E-state index contributed by atoms with van der Waals surface area (Å²) in [5.74, 6) is -1.43. The number of nitrogens with zero attached hydrogens (tertiary/aromatic N) is 1. The molecule has 1 aliphatic heterocycles. The number of carboxylic acids is 2. The molecular formula is C26H29N5O12. The Labute approximate surface area is 244 Å². The monoisotopic (exact) mass is 603 g/mol. The molecule has 17 heteroatoms. The average molecular weight is 604 g/mol. The molecule has 1 aromatic carbocycles. The summed E-state index contributed by atoms with van der Waals surface area (Å²) in [5.41, 5.74) is 1.63. The number of aliphatic carboxylic acids is 2. The van der Waals surface area contributed by atoms with Crippen LogP contribution in [0.15, 0.2) is 18.2 Å². The van der Waals surface area contributed by atoms with Gasteiger partial charge in [0.1, 0.15) is 23.9 Å². The first-order chi connectivity index (χ1) is 20.5. The maximum absolute atomic E-state index is 13.2. The molecule has 17 nitrogen and oxygen atoms in total. The van der Waals surface area contributed by atoms with E-state index in [1.807, 2.05) is 5.92 Å². The van der Waals surface area contributed by atoms with Crippen molar-refractivity contribution in [2.45, 2.75) is 56.7 Å². The maximum atomic E-state index is 13.2. The second-order valence-corrected chi connectivity index (χ2v) is 8.92. The number of amides is 3. The van der Waals surface area contributed by atoms with Crippen molar-refractivity contribution < 1.29 is 53.7 Å². The number of nitro benzene ring substituents is 1. The van der Waals surface area contributed by atoms with E-state index in [9.17, 15) is 39.2 Å². The van der Waals surface area contributed by atoms with E-state index < -0.39 is 71.2 Å². The van der Waals surface area contributed by atoms with Crippen LogP contribution in [0.1, 0.15) is 48.9 Å². The van der Waals surface area contributed by atoms with Gasteiger partial charge in [0.2, 0.25) is 11.8 Å². The number of carbonyl (C=O) groups excluding carboxylic acids is 3. The number of fused-ring (bicyclic) bond motifs is 1. The molecule has 0 saturated carbocycles. The Balaban J connectivity index is 2.30. The Morgan fingerprint density at radius 1 is 1.12 bits per heavy atom. The molecule has 1 aliphatic rings. The van der Waals surface area contributed by atoms with Crippen LogP contribution >= 0.6 is 0 Å². The fourth-order valence-corrected chi connectivity index (χ4v) is 3.75. The molecule has 2 rings (SSSR count). The van der Waals surface area contributed by atoms with Gasteiger partial charge in [0.05, 0.1) is 17.1 Å². The molecule has 0 aliphatic carbocycles.